The summed E-state index contributed by atoms with van der Waals surface area (Å²) in [4.78, 5) is 11.0. The predicted octanol–water partition coefficient (Wildman–Crippen LogP) is 5.96. The van der Waals surface area contributed by atoms with Crippen LogP contribution in [0.15, 0.2) is 0 Å². The minimum absolute atomic E-state index is 0.0153. The topological polar surface area (TPSA) is 46.5 Å². The molecule has 0 radical (unpaired) electrons. The number of hydrogen-bond donors (Lipinski definition) is 1. The maximum absolute atomic E-state index is 11.0. The van der Waals surface area contributed by atoms with Crippen molar-refractivity contribution >= 4 is 5.97 Å². The van der Waals surface area contributed by atoms with Crippen LogP contribution in [0.25, 0.3) is 0 Å². The lowest BCUT2D eigenvalue weighted by molar-refractivity contribution is -0.153. The summed E-state index contributed by atoms with van der Waals surface area (Å²) in [6, 6.07) is 0. The summed E-state index contributed by atoms with van der Waals surface area (Å²) >= 11 is 0. The monoisotopic (exact) mass is 314 g/mol. The number of carbonyl (C=O) groups is 1. The van der Waals surface area contributed by atoms with Crippen LogP contribution >= 0.6 is 0 Å². The molecule has 0 aliphatic rings. The van der Waals surface area contributed by atoms with Crippen LogP contribution in [0, 0.1) is 0 Å². The van der Waals surface area contributed by atoms with E-state index in [9.17, 15) is 4.79 Å². The SMILES string of the molecule is CCCCCCCCCCCCCCC(OC(C)C)C(=O)O. The molecule has 0 aromatic rings. The fourth-order valence-corrected chi connectivity index (χ4v) is 2.75. The lowest BCUT2D eigenvalue weighted by Crippen LogP contribution is -2.26. The predicted molar refractivity (Wildman–Crippen MR) is 93.3 cm³/mol. The second-order valence-corrected chi connectivity index (χ2v) is 6.69. The number of hydrogen-bond acceptors (Lipinski definition) is 2. The lowest BCUT2D eigenvalue weighted by Gasteiger charge is -2.16. The fraction of sp³-hybridized carbons (Fsp3) is 0.947. The van der Waals surface area contributed by atoms with Crippen molar-refractivity contribution in [3.63, 3.8) is 0 Å². The zero-order valence-corrected chi connectivity index (χ0v) is 15.1. The van der Waals surface area contributed by atoms with Gasteiger partial charge in [0.05, 0.1) is 6.10 Å². The van der Waals surface area contributed by atoms with Crippen LogP contribution in [-0.4, -0.2) is 23.3 Å². The molecule has 3 heteroatoms. The normalized spacial score (nSPS) is 12.7. The first-order valence-electron chi connectivity index (χ1n) is 9.46. The van der Waals surface area contributed by atoms with Gasteiger partial charge in [-0.1, -0.05) is 84.0 Å². The van der Waals surface area contributed by atoms with Crippen molar-refractivity contribution < 1.29 is 14.6 Å². The third kappa shape index (κ3) is 14.4. The summed E-state index contributed by atoms with van der Waals surface area (Å²) in [6.45, 7) is 6.03. The number of rotatable bonds is 16. The van der Waals surface area contributed by atoms with E-state index >= 15 is 0 Å². The van der Waals surface area contributed by atoms with E-state index in [-0.39, 0.29) is 6.10 Å². The van der Waals surface area contributed by atoms with Crippen molar-refractivity contribution in [1.29, 1.82) is 0 Å². The second kappa shape index (κ2) is 15.3. The molecule has 3 nitrogen and oxygen atoms in total. The van der Waals surface area contributed by atoms with Crippen molar-refractivity contribution in [2.45, 2.75) is 116 Å². The van der Waals surface area contributed by atoms with Crippen LogP contribution in [-0.2, 0) is 9.53 Å². The molecular weight excluding hydrogens is 276 g/mol. The molecule has 0 heterocycles. The Bertz CT molecular complexity index is 251. The van der Waals surface area contributed by atoms with E-state index in [0.717, 1.165) is 12.8 Å². The van der Waals surface area contributed by atoms with Crippen molar-refractivity contribution in [3.05, 3.63) is 0 Å². The second-order valence-electron chi connectivity index (χ2n) is 6.69. The molecule has 0 aliphatic carbocycles. The van der Waals surface area contributed by atoms with Gasteiger partial charge in [-0.2, -0.15) is 0 Å². The third-order valence-corrected chi connectivity index (χ3v) is 4.03. The molecule has 1 unspecified atom stereocenters. The van der Waals surface area contributed by atoms with Crippen molar-refractivity contribution in [3.8, 4) is 0 Å². The Kier molecular flexibility index (Phi) is 14.9. The average molecular weight is 315 g/mol. The van der Waals surface area contributed by atoms with Gasteiger partial charge in [-0.3, -0.25) is 0 Å². The van der Waals surface area contributed by atoms with Crippen LogP contribution in [0.4, 0.5) is 0 Å². The molecule has 0 spiro atoms. The van der Waals surface area contributed by atoms with Gasteiger partial charge in [-0.05, 0) is 20.3 Å². The molecule has 0 aromatic heterocycles. The first-order valence-corrected chi connectivity index (χ1v) is 9.46. The Balaban J connectivity index is 3.33. The molecule has 0 fully saturated rings. The van der Waals surface area contributed by atoms with Crippen LogP contribution in [0.2, 0.25) is 0 Å². The van der Waals surface area contributed by atoms with Crippen LogP contribution in [0.5, 0.6) is 0 Å². The molecule has 0 bridgehead atoms. The molecule has 1 N–H and O–H groups in total. The van der Waals surface area contributed by atoms with E-state index in [0.29, 0.717) is 6.42 Å². The average Bonchev–Trinajstić information content (AvgIpc) is 2.46. The number of carboxylic acid groups (broad SMARTS) is 1. The van der Waals surface area contributed by atoms with Gasteiger partial charge in [0.1, 0.15) is 0 Å². The van der Waals surface area contributed by atoms with Gasteiger partial charge in [0.2, 0.25) is 0 Å². The number of carboxylic acids is 1. The van der Waals surface area contributed by atoms with Gasteiger partial charge in [0.15, 0.2) is 6.10 Å². The largest absolute Gasteiger partial charge is 0.479 e. The zero-order valence-electron chi connectivity index (χ0n) is 15.1. The van der Waals surface area contributed by atoms with E-state index in [1.165, 1.54) is 64.2 Å². The summed E-state index contributed by atoms with van der Waals surface area (Å²) in [5, 5.41) is 9.07. The first kappa shape index (κ1) is 21.4. The molecular formula is C19H38O3. The molecule has 0 saturated carbocycles. The smallest absolute Gasteiger partial charge is 0.332 e. The van der Waals surface area contributed by atoms with Gasteiger partial charge in [0, 0.05) is 0 Å². The molecule has 0 aromatic carbocycles. The number of aliphatic carboxylic acids is 1. The van der Waals surface area contributed by atoms with Gasteiger partial charge < -0.3 is 9.84 Å². The summed E-state index contributed by atoms with van der Waals surface area (Å²) in [5.74, 6) is -0.822. The Hall–Kier alpha value is -0.570. The standard InChI is InChI=1S/C19H38O3/c1-4-5-6-7-8-9-10-11-12-13-14-15-16-18(19(20)21)22-17(2)3/h17-18H,4-16H2,1-3H3,(H,20,21). The highest BCUT2D eigenvalue weighted by Gasteiger charge is 2.18. The van der Waals surface area contributed by atoms with Crippen LogP contribution in [0.3, 0.4) is 0 Å². The molecule has 132 valence electrons. The minimum atomic E-state index is -0.822. The third-order valence-electron chi connectivity index (χ3n) is 4.03. The van der Waals surface area contributed by atoms with Gasteiger partial charge >= 0.3 is 5.97 Å². The van der Waals surface area contributed by atoms with Crippen molar-refractivity contribution in [2.75, 3.05) is 0 Å². The zero-order chi connectivity index (χ0) is 16.6. The Morgan fingerprint density at radius 2 is 1.23 bits per heavy atom. The van der Waals surface area contributed by atoms with Gasteiger partial charge in [0.25, 0.3) is 0 Å². The minimum Gasteiger partial charge on any atom is -0.479 e. The quantitative estimate of drug-likeness (QED) is 0.358. The van der Waals surface area contributed by atoms with E-state index in [4.69, 9.17) is 9.84 Å². The van der Waals surface area contributed by atoms with Crippen molar-refractivity contribution in [1.82, 2.24) is 0 Å². The maximum Gasteiger partial charge on any atom is 0.332 e. The van der Waals surface area contributed by atoms with Gasteiger partial charge in [-0.25, -0.2) is 4.79 Å². The van der Waals surface area contributed by atoms with Crippen LogP contribution < -0.4 is 0 Å². The summed E-state index contributed by atoms with van der Waals surface area (Å²) in [6.07, 6.45) is 15.6. The molecule has 0 saturated heterocycles. The Morgan fingerprint density at radius 3 is 1.59 bits per heavy atom. The van der Waals surface area contributed by atoms with E-state index in [1.54, 1.807) is 0 Å². The molecule has 0 amide bonds. The first-order chi connectivity index (χ1) is 10.6. The highest BCUT2D eigenvalue weighted by Crippen LogP contribution is 2.14. The summed E-state index contributed by atoms with van der Waals surface area (Å²) in [5.41, 5.74) is 0. The highest BCUT2D eigenvalue weighted by molar-refractivity contribution is 5.72. The molecule has 22 heavy (non-hydrogen) atoms. The Morgan fingerprint density at radius 1 is 0.818 bits per heavy atom. The van der Waals surface area contributed by atoms with E-state index in [1.807, 2.05) is 13.8 Å². The van der Waals surface area contributed by atoms with E-state index < -0.39 is 12.1 Å². The highest BCUT2D eigenvalue weighted by atomic mass is 16.5. The lowest BCUT2D eigenvalue weighted by atomic mass is 10.0. The van der Waals surface area contributed by atoms with Gasteiger partial charge in [-0.15, -0.1) is 0 Å². The summed E-state index contributed by atoms with van der Waals surface area (Å²) in [7, 11) is 0. The maximum atomic E-state index is 11.0. The molecule has 0 rings (SSSR count). The van der Waals surface area contributed by atoms with Crippen LogP contribution in [0.1, 0.15) is 104 Å². The molecule has 1 atom stereocenters. The van der Waals surface area contributed by atoms with Crippen molar-refractivity contribution in [2.24, 2.45) is 0 Å². The number of ether oxygens (including phenoxy) is 1. The number of unbranched alkanes of at least 4 members (excludes halogenated alkanes) is 11. The van der Waals surface area contributed by atoms with E-state index in [2.05, 4.69) is 6.92 Å². The molecule has 0 aliphatic heterocycles. The fourth-order valence-electron chi connectivity index (χ4n) is 2.75. The Labute approximate surface area is 137 Å². The summed E-state index contributed by atoms with van der Waals surface area (Å²) < 4.78 is 5.41.